The van der Waals surface area contributed by atoms with Crippen molar-refractivity contribution in [2.45, 2.75) is 31.7 Å². The van der Waals surface area contributed by atoms with E-state index in [0.717, 1.165) is 10.4 Å². The molecule has 0 unspecified atom stereocenters. The zero-order valence-electron chi connectivity index (χ0n) is 7.55. The minimum absolute atomic E-state index is 0.258. The summed E-state index contributed by atoms with van der Waals surface area (Å²) in [7, 11) is 0. The van der Waals surface area contributed by atoms with Gasteiger partial charge in [0.15, 0.2) is 0 Å². The standard InChI is InChI=1S/C9H12BrN3/c1-9(3-2-4-9)13-8-5-7(10)11-6-12-8/h5-6H,2-4H2,1H3,(H,11,12,13). The van der Waals surface area contributed by atoms with Crippen molar-refractivity contribution in [1.29, 1.82) is 0 Å². The van der Waals surface area contributed by atoms with Crippen LogP contribution >= 0.6 is 15.9 Å². The molecule has 0 amide bonds. The van der Waals surface area contributed by atoms with Crippen molar-refractivity contribution in [3.05, 3.63) is 17.0 Å². The molecule has 3 nitrogen and oxygen atoms in total. The summed E-state index contributed by atoms with van der Waals surface area (Å²) in [5.41, 5.74) is 0.258. The quantitative estimate of drug-likeness (QED) is 0.810. The molecule has 70 valence electrons. The maximum atomic E-state index is 4.15. The first-order valence-corrected chi connectivity index (χ1v) is 5.23. The van der Waals surface area contributed by atoms with Crippen LogP contribution in [0.4, 0.5) is 5.82 Å². The molecule has 13 heavy (non-hydrogen) atoms. The van der Waals surface area contributed by atoms with E-state index in [4.69, 9.17) is 0 Å². The molecule has 0 aromatic carbocycles. The van der Waals surface area contributed by atoms with Gasteiger partial charge in [0, 0.05) is 11.6 Å². The lowest BCUT2D eigenvalue weighted by molar-refractivity contribution is 0.305. The molecule has 0 saturated heterocycles. The van der Waals surface area contributed by atoms with Gasteiger partial charge in [-0.15, -0.1) is 0 Å². The molecule has 0 radical (unpaired) electrons. The summed E-state index contributed by atoms with van der Waals surface area (Å²) >= 11 is 3.32. The van der Waals surface area contributed by atoms with E-state index in [1.54, 1.807) is 6.33 Å². The predicted octanol–water partition coefficient (Wildman–Crippen LogP) is 2.59. The molecule has 0 spiro atoms. The summed E-state index contributed by atoms with van der Waals surface area (Å²) in [5.74, 6) is 0.907. The lowest BCUT2D eigenvalue weighted by Crippen LogP contribution is -2.41. The molecule has 1 heterocycles. The molecule has 1 aliphatic carbocycles. The van der Waals surface area contributed by atoms with Crippen molar-refractivity contribution in [1.82, 2.24) is 9.97 Å². The van der Waals surface area contributed by atoms with Crippen molar-refractivity contribution in [3.63, 3.8) is 0 Å². The average molecular weight is 242 g/mol. The van der Waals surface area contributed by atoms with E-state index in [0.29, 0.717) is 0 Å². The number of nitrogens with zero attached hydrogens (tertiary/aromatic N) is 2. The molecular weight excluding hydrogens is 230 g/mol. The highest BCUT2D eigenvalue weighted by Crippen LogP contribution is 2.34. The Morgan fingerprint density at radius 2 is 2.23 bits per heavy atom. The Hall–Kier alpha value is -0.640. The Kier molecular flexibility index (Phi) is 2.24. The Balaban J connectivity index is 2.09. The van der Waals surface area contributed by atoms with Crippen LogP contribution in [0.15, 0.2) is 17.0 Å². The van der Waals surface area contributed by atoms with E-state index in [-0.39, 0.29) is 5.54 Å². The van der Waals surface area contributed by atoms with Gasteiger partial charge in [-0.1, -0.05) is 0 Å². The summed E-state index contributed by atoms with van der Waals surface area (Å²) in [4.78, 5) is 8.13. The summed E-state index contributed by atoms with van der Waals surface area (Å²) in [5, 5.41) is 3.41. The maximum Gasteiger partial charge on any atom is 0.130 e. The van der Waals surface area contributed by atoms with Crippen molar-refractivity contribution in [3.8, 4) is 0 Å². The fourth-order valence-electron chi connectivity index (χ4n) is 1.54. The monoisotopic (exact) mass is 241 g/mol. The molecular formula is C9H12BrN3. The molecule has 1 aromatic rings. The average Bonchev–Trinajstić information content (AvgIpc) is 2.01. The first-order valence-electron chi connectivity index (χ1n) is 4.44. The van der Waals surface area contributed by atoms with Gasteiger partial charge in [-0.3, -0.25) is 0 Å². The number of nitrogens with one attached hydrogen (secondary N) is 1. The van der Waals surface area contributed by atoms with E-state index in [2.05, 4.69) is 38.1 Å². The van der Waals surface area contributed by atoms with Gasteiger partial charge in [0.1, 0.15) is 16.7 Å². The first kappa shape index (κ1) is 8.94. The van der Waals surface area contributed by atoms with E-state index in [9.17, 15) is 0 Å². The van der Waals surface area contributed by atoms with Gasteiger partial charge in [-0.2, -0.15) is 0 Å². The summed E-state index contributed by atoms with van der Waals surface area (Å²) < 4.78 is 0.827. The van der Waals surface area contributed by atoms with E-state index in [1.807, 2.05) is 6.07 Å². The van der Waals surface area contributed by atoms with Crippen LogP contribution < -0.4 is 5.32 Å². The van der Waals surface area contributed by atoms with Gasteiger partial charge >= 0.3 is 0 Å². The van der Waals surface area contributed by atoms with Crippen molar-refractivity contribution in [2.75, 3.05) is 5.32 Å². The third kappa shape index (κ3) is 1.99. The third-order valence-electron chi connectivity index (χ3n) is 2.52. The van der Waals surface area contributed by atoms with Crippen LogP contribution in [0.25, 0.3) is 0 Å². The van der Waals surface area contributed by atoms with Gasteiger partial charge in [-0.05, 0) is 42.1 Å². The normalized spacial score (nSPS) is 19.2. The first-order chi connectivity index (χ1) is 6.18. The number of hydrogen-bond donors (Lipinski definition) is 1. The molecule has 1 N–H and O–H groups in total. The van der Waals surface area contributed by atoms with Crippen LogP contribution in [0.1, 0.15) is 26.2 Å². The van der Waals surface area contributed by atoms with E-state index in [1.165, 1.54) is 19.3 Å². The molecule has 2 rings (SSSR count). The molecule has 4 heteroatoms. The minimum Gasteiger partial charge on any atom is -0.365 e. The second-order valence-corrected chi connectivity index (χ2v) is 4.58. The SMILES string of the molecule is CC1(Nc2cc(Br)ncn2)CCC1. The van der Waals surface area contributed by atoms with Crippen LogP contribution in [-0.2, 0) is 0 Å². The summed E-state index contributed by atoms with van der Waals surface area (Å²) in [6.45, 7) is 2.23. The topological polar surface area (TPSA) is 37.8 Å². The number of aromatic nitrogens is 2. The Bertz CT molecular complexity index is 309. The van der Waals surface area contributed by atoms with Crippen LogP contribution in [0, 0.1) is 0 Å². The van der Waals surface area contributed by atoms with Gasteiger partial charge in [0.25, 0.3) is 0 Å². The third-order valence-corrected chi connectivity index (χ3v) is 2.95. The second kappa shape index (κ2) is 3.25. The highest BCUT2D eigenvalue weighted by molar-refractivity contribution is 9.10. The number of rotatable bonds is 2. The Labute approximate surface area is 86.1 Å². The number of hydrogen-bond acceptors (Lipinski definition) is 3. The fraction of sp³-hybridized carbons (Fsp3) is 0.556. The molecule has 0 atom stereocenters. The second-order valence-electron chi connectivity index (χ2n) is 3.77. The minimum atomic E-state index is 0.258. The number of halogens is 1. The van der Waals surface area contributed by atoms with Crippen LogP contribution in [0.2, 0.25) is 0 Å². The Morgan fingerprint density at radius 1 is 1.46 bits per heavy atom. The van der Waals surface area contributed by atoms with Crippen LogP contribution in [0.5, 0.6) is 0 Å². The molecule has 0 bridgehead atoms. The van der Waals surface area contributed by atoms with Gasteiger partial charge in [0.2, 0.25) is 0 Å². The zero-order valence-corrected chi connectivity index (χ0v) is 9.13. The summed E-state index contributed by atoms with van der Waals surface area (Å²) in [6.07, 6.45) is 5.34. The highest BCUT2D eigenvalue weighted by Gasteiger charge is 2.31. The maximum absolute atomic E-state index is 4.15. The van der Waals surface area contributed by atoms with E-state index >= 15 is 0 Å². The van der Waals surface area contributed by atoms with Crippen LogP contribution in [0.3, 0.4) is 0 Å². The lowest BCUT2D eigenvalue weighted by Gasteiger charge is -2.39. The molecule has 1 aliphatic rings. The molecule has 1 aromatic heterocycles. The smallest absolute Gasteiger partial charge is 0.130 e. The number of anilines is 1. The van der Waals surface area contributed by atoms with Crippen molar-refractivity contribution >= 4 is 21.7 Å². The van der Waals surface area contributed by atoms with Gasteiger partial charge in [0.05, 0.1) is 0 Å². The zero-order chi connectivity index (χ0) is 9.31. The largest absolute Gasteiger partial charge is 0.365 e. The van der Waals surface area contributed by atoms with Gasteiger partial charge < -0.3 is 5.32 Å². The van der Waals surface area contributed by atoms with Crippen molar-refractivity contribution in [2.24, 2.45) is 0 Å². The van der Waals surface area contributed by atoms with Gasteiger partial charge in [-0.25, -0.2) is 9.97 Å². The molecule has 0 aliphatic heterocycles. The Morgan fingerprint density at radius 3 is 2.77 bits per heavy atom. The molecule has 1 saturated carbocycles. The predicted molar refractivity (Wildman–Crippen MR) is 55.6 cm³/mol. The van der Waals surface area contributed by atoms with Crippen molar-refractivity contribution < 1.29 is 0 Å². The lowest BCUT2D eigenvalue weighted by atomic mass is 9.78. The highest BCUT2D eigenvalue weighted by atomic mass is 79.9. The fourth-order valence-corrected chi connectivity index (χ4v) is 1.85. The van der Waals surface area contributed by atoms with Crippen LogP contribution in [-0.4, -0.2) is 15.5 Å². The van der Waals surface area contributed by atoms with E-state index < -0.39 is 0 Å². The molecule has 1 fully saturated rings. The summed E-state index contributed by atoms with van der Waals surface area (Å²) in [6, 6.07) is 1.91.